The summed E-state index contributed by atoms with van der Waals surface area (Å²) in [7, 11) is 0. The number of carbonyl (C=O) groups is 2. The molecular weight excluding hydrogens is 375 g/mol. The molecule has 0 aliphatic heterocycles. The average molecular weight is 393 g/mol. The summed E-state index contributed by atoms with van der Waals surface area (Å²) in [6.45, 7) is 4.08. The predicted molar refractivity (Wildman–Crippen MR) is 95.6 cm³/mol. The number of nitrogens with zero attached hydrogens (tertiary/aromatic N) is 1. The van der Waals surface area contributed by atoms with Gasteiger partial charge >= 0.3 is 0 Å². The molecule has 0 aromatic heterocycles. The van der Waals surface area contributed by atoms with Gasteiger partial charge in [-0.05, 0) is 55.0 Å². The Hall–Kier alpha value is -2.21. The third kappa shape index (κ3) is 4.64. The van der Waals surface area contributed by atoms with E-state index in [9.17, 15) is 14.0 Å². The van der Waals surface area contributed by atoms with Gasteiger partial charge in [0.05, 0.1) is 0 Å². The minimum Gasteiger partial charge on any atom is -0.350 e. The summed E-state index contributed by atoms with van der Waals surface area (Å²) < 4.78 is 13.8. The topological polar surface area (TPSA) is 49.4 Å². The van der Waals surface area contributed by atoms with Gasteiger partial charge in [-0.1, -0.05) is 15.9 Å². The van der Waals surface area contributed by atoms with Crippen LogP contribution in [0.4, 0.5) is 10.1 Å². The third-order valence-electron chi connectivity index (χ3n) is 3.56. The van der Waals surface area contributed by atoms with Crippen LogP contribution in [-0.4, -0.2) is 24.9 Å². The van der Waals surface area contributed by atoms with Gasteiger partial charge < -0.3 is 10.2 Å². The molecule has 4 nitrogen and oxygen atoms in total. The number of benzene rings is 2. The van der Waals surface area contributed by atoms with E-state index in [2.05, 4.69) is 21.2 Å². The summed E-state index contributed by atoms with van der Waals surface area (Å²) in [5, 5.41) is 2.73. The maximum absolute atomic E-state index is 12.9. The number of hydrogen-bond acceptors (Lipinski definition) is 2. The zero-order valence-electron chi connectivity index (χ0n) is 13.5. The Labute approximate surface area is 148 Å². The zero-order valence-corrected chi connectivity index (χ0v) is 15.1. The number of anilines is 1. The van der Waals surface area contributed by atoms with Crippen molar-refractivity contribution in [1.29, 1.82) is 0 Å². The molecule has 24 heavy (non-hydrogen) atoms. The molecule has 0 atom stereocenters. The van der Waals surface area contributed by atoms with Gasteiger partial charge in [0.25, 0.3) is 5.91 Å². The quantitative estimate of drug-likeness (QED) is 0.843. The van der Waals surface area contributed by atoms with Crippen molar-refractivity contribution in [3.63, 3.8) is 0 Å². The number of aryl methyl sites for hydroxylation is 1. The van der Waals surface area contributed by atoms with Crippen LogP contribution in [0.5, 0.6) is 0 Å². The van der Waals surface area contributed by atoms with Crippen LogP contribution < -0.4 is 10.2 Å². The molecule has 0 aliphatic rings. The van der Waals surface area contributed by atoms with Crippen LogP contribution in [0.2, 0.25) is 0 Å². The molecule has 126 valence electrons. The second-order valence-corrected chi connectivity index (χ2v) is 6.22. The van der Waals surface area contributed by atoms with E-state index >= 15 is 0 Å². The van der Waals surface area contributed by atoms with Gasteiger partial charge in [-0.15, -0.1) is 0 Å². The highest BCUT2D eigenvalue weighted by atomic mass is 79.9. The molecule has 0 saturated carbocycles. The zero-order chi connectivity index (χ0) is 17.7. The Kier molecular flexibility index (Phi) is 6.09. The Balaban J connectivity index is 1.99. The van der Waals surface area contributed by atoms with Crippen molar-refractivity contribution in [2.45, 2.75) is 13.8 Å². The first-order valence-corrected chi connectivity index (χ1v) is 8.26. The predicted octanol–water partition coefficient (Wildman–Crippen LogP) is 3.68. The second-order valence-electron chi connectivity index (χ2n) is 5.37. The highest BCUT2D eigenvalue weighted by molar-refractivity contribution is 9.10. The first-order valence-electron chi connectivity index (χ1n) is 7.46. The molecule has 2 aromatic carbocycles. The summed E-state index contributed by atoms with van der Waals surface area (Å²) >= 11 is 3.43. The van der Waals surface area contributed by atoms with Crippen LogP contribution >= 0.6 is 15.9 Å². The average Bonchev–Trinajstić information content (AvgIpc) is 2.54. The normalized spacial score (nSPS) is 10.3. The van der Waals surface area contributed by atoms with Gasteiger partial charge in [0.2, 0.25) is 5.91 Å². The molecule has 0 unspecified atom stereocenters. The van der Waals surface area contributed by atoms with Crippen molar-refractivity contribution < 1.29 is 14.0 Å². The number of amides is 2. The standard InChI is InChI=1S/C18H18BrFN2O2/c1-12-11-16(7-8-17(12)19)22(13(2)23)10-9-21-18(24)14-3-5-15(20)6-4-14/h3-8,11H,9-10H2,1-2H3,(H,21,24). The molecule has 0 spiro atoms. The number of hydrogen-bond donors (Lipinski definition) is 1. The smallest absolute Gasteiger partial charge is 0.251 e. The maximum atomic E-state index is 12.9. The number of rotatable bonds is 5. The van der Waals surface area contributed by atoms with Gasteiger partial charge in [-0.25, -0.2) is 4.39 Å². The molecule has 0 heterocycles. The summed E-state index contributed by atoms with van der Waals surface area (Å²) in [6.07, 6.45) is 0. The van der Waals surface area contributed by atoms with E-state index in [1.54, 1.807) is 4.90 Å². The van der Waals surface area contributed by atoms with Crippen LogP contribution in [0.25, 0.3) is 0 Å². The Bertz CT molecular complexity index is 747. The van der Waals surface area contributed by atoms with Gasteiger partial charge in [0, 0.05) is 35.7 Å². The summed E-state index contributed by atoms with van der Waals surface area (Å²) in [5.74, 6) is -0.793. The Morgan fingerprint density at radius 2 is 1.83 bits per heavy atom. The van der Waals surface area contributed by atoms with E-state index in [0.717, 1.165) is 15.7 Å². The maximum Gasteiger partial charge on any atom is 0.251 e. The minimum atomic E-state index is -0.389. The molecule has 2 aromatic rings. The van der Waals surface area contributed by atoms with Crippen molar-refractivity contribution in [2.24, 2.45) is 0 Å². The lowest BCUT2D eigenvalue weighted by atomic mass is 10.2. The Morgan fingerprint density at radius 1 is 1.17 bits per heavy atom. The molecule has 0 saturated heterocycles. The monoisotopic (exact) mass is 392 g/mol. The van der Waals surface area contributed by atoms with E-state index in [1.165, 1.54) is 31.2 Å². The van der Waals surface area contributed by atoms with Gasteiger partial charge in [0.15, 0.2) is 0 Å². The molecule has 0 aliphatic carbocycles. The highest BCUT2D eigenvalue weighted by Gasteiger charge is 2.13. The van der Waals surface area contributed by atoms with E-state index in [-0.39, 0.29) is 17.6 Å². The van der Waals surface area contributed by atoms with E-state index in [1.807, 2.05) is 25.1 Å². The lowest BCUT2D eigenvalue weighted by Crippen LogP contribution is -2.37. The molecule has 2 amide bonds. The number of nitrogens with one attached hydrogen (secondary N) is 1. The highest BCUT2D eigenvalue weighted by Crippen LogP contribution is 2.23. The van der Waals surface area contributed by atoms with Gasteiger partial charge in [0.1, 0.15) is 5.82 Å². The van der Waals surface area contributed by atoms with Crippen LogP contribution in [0.15, 0.2) is 46.9 Å². The first-order chi connectivity index (χ1) is 11.4. The van der Waals surface area contributed by atoms with E-state index in [0.29, 0.717) is 18.7 Å². The largest absolute Gasteiger partial charge is 0.350 e. The second kappa shape index (κ2) is 8.06. The van der Waals surface area contributed by atoms with E-state index in [4.69, 9.17) is 0 Å². The summed E-state index contributed by atoms with van der Waals surface area (Å²) in [5.41, 5.74) is 2.18. The van der Waals surface area contributed by atoms with Crippen molar-refractivity contribution in [2.75, 3.05) is 18.0 Å². The molecule has 1 N–H and O–H groups in total. The van der Waals surface area contributed by atoms with Gasteiger partial charge in [-0.3, -0.25) is 9.59 Å². The first kappa shape index (κ1) is 18.1. The van der Waals surface area contributed by atoms with Crippen LogP contribution in [0, 0.1) is 12.7 Å². The molecule has 2 rings (SSSR count). The summed E-state index contributed by atoms with van der Waals surface area (Å²) in [4.78, 5) is 25.5. The molecule has 0 bridgehead atoms. The Morgan fingerprint density at radius 3 is 2.42 bits per heavy atom. The fourth-order valence-electron chi connectivity index (χ4n) is 2.25. The lowest BCUT2D eigenvalue weighted by molar-refractivity contribution is -0.116. The number of halogens is 2. The van der Waals surface area contributed by atoms with Crippen LogP contribution in [0.1, 0.15) is 22.8 Å². The molecule has 0 fully saturated rings. The van der Waals surface area contributed by atoms with E-state index < -0.39 is 0 Å². The van der Waals surface area contributed by atoms with Crippen LogP contribution in [0.3, 0.4) is 0 Å². The van der Waals surface area contributed by atoms with Crippen molar-refractivity contribution in [3.8, 4) is 0 Å². The fraction of sp³-hybridized carbons (Fsp3) is 0.222. The van der Waals surface area contributed by atoms with Crippen molar-refractivity contribution >= 4 is 33.4 Å². The SMILES string of the molecule is CC(=O)N(CCNC(=O)c1ccc(F)cc1)c1ccc(Br)c(C)c1. The number of carbonyl (C=O) groups excluding carboxylic acids is 2. The van der Waals surface area contributed by atoms with Crippen molar-refractivity contribution in [3.05, 3.63) is 63.9 Å². The minimum absolute atomic E-state index is 0.104. The molecule has 6 heteroatoms. The third-order valence-corrected chi connectivity index (χ3v) is 4.45. The van der Waals surface area contributed by atoms with Gasteiger partial charge in [-0.2, -0.15) is 0 Å². The molecular formula is C18H18BrFN2O2. The fourth-order valence-corrected chi connectivity index (χ4v) is 2.50. The van der Waals surface area contributed by atoms with Crippen molar-refractivity contribution in [1.82, 2.24) is 5.32 Å². The summed E-state index contributed by atoms with van der Waals surface area (Å²) in [6, 6.07) is 11.0. The van der Waals surface area contributed by atoms with Crippen LogP contribution in [-0.2, 0) is 4.79 Å². The lowest BCUT2D eigenvalue weighted by Gasteiger charge is -2.22. The molecule has 0 radical (unpaired) electrons.